The molecular formula is C11H19N3. The molecule has 0 radical (unpaired) electrons. The summed E-state index contributed by atoms with van der Waals surface area (Å²) >= 11 is 0. The largest absolute Gasteiger partial charge is 0.363 e. The lowest BCUT2D eigenvalue weighted by Gasteiger charge is -2.12. The van der Waals surface area contributed by atoms with Crippen molar-refractivity contribution < 1.29 is 0 Å². The Bertz CT molecular complexity index is 264. The highest BCUT2D eigenvalue weighted by molar-refractivity contribution is 5.37. The van der Waals surface area contributed by atoms with Crippen LogP contribution in [0.5, 0.6) is 0 Å². The van der Waals surface area contributed by atoms with Crippen molar-refractivity contribution in [3.8, 4) is 0 Å². The first kappa shape index (κ1) is 11.0. The van der Waals surface area contributed by atoms with Crippen molar-refractivity contribution in [3.05, 3.63) is 23.9 Å². The molecular weight excluding hydrogens is 174 g/mol. The van der Waals surface area contributed by atoms with Crippen LogP contribution in [-0.2, 0) is 6.54 Å². The van der Waals surface area contributed by atoms with E-state index in [0.717, 1.165) is 12.4 Å². The molecule has 0 aliphatic carbocycles. The van der Waals surface area contributed by atoms with Crippen LogP contribution in [0, 0.1) is 0 Å². The van der Waals surface area contributed by atoms with Crippen molar-refractivity contribution >= 4 is 5.82 Å². The minimum atomic E-state index is 0.517. The van der Waals surface area contributed by atoms with E-state index in [1.807, 2.05) is 31.3 Å². The second-order valence-corrected chi connectivity index (χ2v) is 3.95. The summed E-state index contributed by atoms with van der Waals surface area (Å²) in [6.07, 6.45) is 1.92. The predicted octanol–water partition coefficient (Wildman–Crippen LogP) is 1.65. The van der Waals surface area contributed by atoms with Crippen LogP contribution in [0.1, 0.15) is 19.4 Å². The fourth-order valence-electron chi connectivity index (χ4n) is 1.11. The van der Waals surface area contributed by atoms with E-state index in [-0.39, 0.29) is 0 Å². The molecule has 1 aromatic rings. The van der Waals surface area contributed by atoms with E-state index in [1.165, 1.54) is 5.56 Å². The maximum atomic E-state index is 4.34. The Morgan fingerprint density at radius 3 is 2.50 bits per heavy atom. The zero-order chi connectivity index (χ0) is 10.6. The Labute approximate surface area is 86.2 Å². The number of rotatable bonds is 4. The van der Waals surface area contributed by atoms with Gasteiger partial charge in [-0.2, -0.15) is 0 Å². The molecule has 0 unspecified atom stereocenters. The SMILES string of the molecule is CC(C)NCc1ccc(N(C)C)nc1. The first-order valence-electron chi connectivity index (χ1n) is 4.95. The van der Waals surface area contributed by atoms with E-state index in [2.05, 4.69) is 30.2 Å². The average molecular weight is 193 g/mol. The molecule has 0 saturated heterocycles. The van der Waals surface area contributed by atoms with E-state index < -0.39 is 0 Å². The number of anilines is 1. The van der Waals surface area contributed by atoms with Gasteiger partial charge in [0.15, 0.2) is 0 Å². The second kappa shape index (κ2) is 4.96. The van der Waals surface area contributed by atoms with Gasteiger partial charge in [0.05, 0.1) is 0 Å². The fraction of sp³-hybridized carbons (Fsp3) is 0.545. The van der Waals surface area contributed by atoms with Crippen LogP contribution in [-0.4, -0.2) is 25.1 Å². The van der Waals surface area contributed by atoms with Crippen molar-refractivity contribution in [1.29, 1.82) is 0 Å². The quantitative estimate of drug-likeness (QED) is 0.788. The van der Waals surface area contributed by atoms with Crippen LogP contribution >= 0.6 is 0 Å². The Balaban J connectivity index is 2.55. The molecule has 3 heteroatoms. The van der Waals surface area contributed by atoms with Gasteiger partial charge in [-0.25, -0.2) is 4.98 Å². The molecule has 1 aromatic heterocycles. The first-order chi connectivity index (χ1) is 6.59. The summed E-state index contributed by atoms with van der Waals surface area (Å²) < 4.78 is 0. The number of nitrogens with zero attached hydrogens (tertiary/aromatic N) is 2. The normalized spacial score (nSPS) is 10.6. The molecule has 1 N–H and O–H groups in total. The number of hydrogen-bond donors (Lipinski definition) is 1. The monoisotopic (exact) mass is 193 g/mol. The summed E-state index contributed by atoms with van der Waals surface area (Å²) in [5.41, 5.74) is 1.23. The van der Waals surface area contributed by atoms with Gasteiger partial charge in [0.25, 0.3) is 0 Å². The number of hydrogen-bond acceptors (Lipinski definition) is 3. The summed E-state index contributed by atoms with van der Waals surface area (Å²) in [7, 11) is 3.99. The van der Waals surface area contributed by atoms with Gasteiger partial charge in [-0.1, -0.05) is 19.9 Å². The third-order valence-electron chi connectivity index (χ3n) is 1.98. The summed E-state index contributed by atoms with van der Waals surface area (Å²) in [6, 6.07) is 4.67. The molecule has 0 bridgehead atoms. The van der Waals surface area contributed by atoms with Crippen molar-refractivity contribution in [2.45, 2.75) is 26.4 Å². The van der Waals surface area contributed by atoms with Crippen molar-refractivity contribution in [1.82, 2.24) is 10.3 Å². The summed E-state index contributed by atoms with van der Waals surface area (Å²) in [4.78, 5) is 6.34. The lowest BCUT2D eigenvalue weighted by Crippen LogP contribution is -2.22. The molecule has 0 atom stereocenters. The Morgan fingerprint density at radius 2 is 2.07 bits per heavy atom. The molecule has 1 heterocycles. The van der Waals surface area contributed by atoms with Gasteiger partial charge in [-0.15, -0.1) is 0 Å². The summed E-state index contributed by atoms with van der Waals surface area (Å²) in [5, 5.41) is 3.36. The number of aromatic nitrogens is 1. The van der Waals surface area contributed by atoms with Gasteiger partial charge in [0, 0.05) is 32.9 Å². The lowest BCUT2D eigenvalue weighted by molar-refractivity contribution is 0.588. The minimum absolute atomic E-state index is 0.517. The highest BCUT2D eigenvalue weighted by atomic mass is 15.1. The van der Waals surface area contributed by atoms with Gasteiger partial charge in [0.1, 0.15) is 5.82 Å². The Hall–Kier alpha value is -1.09. The van der Waals surface area contributed by atoms with Crippen LogP contribution in [0.2, 0.25) is 0 Å². The van der Waals surface area contributed by atoms with Crippen LogP contribution in [0.25, 0.3) is 0 Å². The van der Waals surface area contributed by atoms with E-state index in [1.54, 1.807) is 0 Å². The molecule has 1 rings (SSSR count). The number of pyridine rings is 1. The third-order valence-corrected chi connectivity index (χ3v) is 1.98. The van der Waals surface area contributed by atoms with Crippen molar-refractivity contribution in [3.63, 3.8) is 0 Å². The molecule has 0 aliphatic rings. The zero-order valence-corrected chi connectivity index (χ0v) is 9.41. The molecule has 0 spiro atoms. The van der Waals surface area contributed by atoms with E-state index >= 15 is 0 Å². The Morgan fingerprint density at radius 1 is 1.36 bits per heavy atom. The molecule has 0 saturated carbocycles. The topological polar surface area (TPSA) is 28.2 Å². The molecule has 0 aliphatic heterocycles. The standard InChI is InChI=1S/C11H19N3/c1-9(2)12-7-10-5-6-11(13-8-10)14(3)4/h5-6,8-9,12H,7H2,1-4H3. The maximum Gasteiger partial charge on any atom is 0.127 e. The average Bonchev–Trinajstić information content (AvgIpc) is 2.15. The van der Waals surface area contributed by atoms with Gasteiger partial charge >= 0.3 is 0 Å². The smallest absolute Gasteiger partial charge is 0.127 e. The van der Waals surface area contributed by atoms with Crippen LogP contribution < -0.4 is 10.2 Å². The molecule has 14 heavy (non-hydrogen) atoms. The predicted molar refractivity (Wildman–Crippen MR) is 60.5 cm³/mol. The van der Waals surface area contributed by atoms with E-state index in [9.17, 15) is 0 Å². The van der Waals surface area contributed by atoms with Gasteiger partial charge in [0.2, 0.25) is 0 Å². The summed E-state index contributed by atoms with van der Waals surface area (Å²) in [5.74, 6) is 0.998. The first-order valence-corrected chi connectivity index (χ1v) is 4.95. The van der Waals surface area contributed by atoms with E-state index in [4.69, 9.17) is 0 Å². The Kier molecular flexibility index (Phi) is 3.89. The molecule has 78 valence electrons. The van der Waals surface area contributed by atoms with Crippen LogP contribution in [0.3, 0.4) is 0 Å². The molecule has 0 amide bonds. The second-order valence-electron chi connectivity index (χ2n) is 3.95. The molecule has 0 fully saturated rings. The van der Waals surface area contributed by atoms with E-state index in [0.29, 0.717) is 6.04 Å². The van der Waals surface area contributed by atoms with Crippen molar-refractivity contribution in [2.75, 3.05) is 19.0 Å². The lowest BCUT2D eigenvalue weighted by atomic mass is 10.2. The zero-order valence-electron chi connectivity index (χ0n) is 9.41. The molecule has 0 aromatic carbocycles. The van der Waals surface area contributed by atoms with Crippen LogP contribution in [0.15, 0.2) is 18.3 Å². The van der Waals surface area contributed by atoms with Gasteiger partial charge in [-0.05, 0) is 11.6 Å². The summed E-state index contributed by atoms with van der Waals surface area (Å²) in [6.45, 7) is 5.17. The maximum absolute atomic E-state index is 4.34. The highest BCUT2D eigenvalue weighted by Gasteiger charge is 1.98. The van der Waals surface area contributed by atoms with Crippen LogP contribution in [0.4, 0.5) is 5.82 Å². The van der Waals surface area contributed by atoms with Gasteiger partial charge < -0.3 is 10.2 Å². The highest BCUT2D eigenvalue weighted by Crippen LogP contribution is 2.07. The fourth-order valence-corrected chi connectivity index (χ4v) is 1.11. The van der Waals surface area contributed by atoms with Gasteiger partial charge in [-0.3, -0.25) is 0 Å². The third kappa shape index (κ3) is 3.34. The van der Waals surface area contributed by atoms with Crippen molar-refractivity contribution in [2.24, 2.45) is 0 Å². The molecule has 3 nitrogen and oxygen atoms in total. The number of nitrogens with one attached hydrogen (secondary N) is 1. The minimum Gasteiger partial charge on any atom is -0.363 e.